The molecule has 1 saturated carbocycles. The zero-order chi connectivity index (χ0) is 12.5. The molecule has 1 amide bonds. The lowest BCUT2D eigenvalue weighted by Gasteiger charge is -2.35. The highest BCUT2D eigenvalue weighted by atomic mass is 16.2. The van der Waals surface area contributed by atoms with Crippen LogP contribution in [0.2, 0.25) is 0 Å². The third-order valence-electron chi connectivity index (χ3n) is 4.65. The van der Waals surface area contributed by atoms with Crippen molar-refractivity contribution < 1.29 is 4.79 Å². The molecule has 3 atom stereocenters. The molecule has 1 saturated heterocycles. The van der Waals surface area contributed by atoms with Crippen LogP contribution in [0, 0.1) is 5.92 Å². The number of hydrogen-bond acceptors (Lipinski definition) is 1. The lowest BCUT2D eigenvalue weighted by atomic mass is 9.85. The summed E-state index contributed by atoms with van der Waals surface area (Å²) in [6.45, 7) is 2.17. The van der Waals surface area contributed by atoms with Gasteiger partial charge in [0.05, 0.1) is 6.04 Å². The Morgan fingerprint density at radius 3 is 2.67 bits per heavy atom. The number of carbonyl (C=O) groups excluding carboxylic acids is 1. The summed E-state index contributed by atoms with van der Waals surface area (Å²) in [5.41, 5.74) is 1.26. The molecule has 0 radical (unpaired) electrons. The van der Waals surface area contributed by atoms with Gasteiger partial charge in [0.1, 0.15) is 0 Å². The summed E-state index contributed by atoms with van der Waals surface area (Å²) >= 11 is 0. The second-order valence-electron chi connectivity index (χ2n) is 5.70. The molecule has 1 aliphatic heterocycles. The SMILES string of the molecule is C[C@@H](c1ccccc1)N1C(=O)C[C@H]2CCCC[C@H]21. The minimum absolute atomic E-state index is 0.229. The van der Waals surface area contributed by atoms with Gasteiger partial charge in [0.15, 0.2) is 0 Å². The minimum Gasteiger partial charge on any atom is -0.333 e. The van der Waals surface area contributed by atoms with Crippen LogP contribution in [0.4, 0.5) is 0 Å². The quantitative estimate of drug-likeness (QED) is 0.778. The summed E-state index contributed by atoms with van der Waals surface area (Å²) in [7, 11) is 0. The fourth-order valence-corrected chi connectivity index (χ4v) is 3.70. The van der Waals surface area contributed by atoms with E-state index >= 15 is 0 Å². The summed E-state index contributed by atoms with van der Waals surface area (Å²) in [4.78, 5) is 14.4. The molecule has 96 valence electrons. The van der Waals surface area contributed by atoms with Crippen LogP contribution >= 0.6 is 0 Å². The standard InChI is InChI=1S/C16H21NO/c1-12(13-7-3-2-4-8-13)17-15-10-6-5-9-14(15)11-16(17)18/h2-4,7-8,12,14-15H,5-6,9-11H2,1H3/t12-,14+,15+/m0/s1. The number of hydrogen-bond donors (Lipinski definition) is 0. The molecule has 1 aliphatic carbocycles. The third kappa shape index (κ3) is 1.94. The predicted octanol–water partition coefficient (Wildman–Crippen LogP) is 3.54. The molecule has 0 spiro atoms. The van der Waals surface area contributed by atoms with Gasteiger partial charge in [-0.3, -0.25) is 4.79 Å². The van der Waals surface area contributed by atoms with Crippen LogP contribution in [-0.4, -0.2) is 16.8 Å². The minimum atomic E-state index is 0.229. The fourth-order valence-electron chi connectivity index (χ4n) is 3.70. The summed E-state index contributed by atoms with van der Waals surface area (Å²) in [6, 6.07) is 11.1. The average Bonchev–Trinajstić information content (AvgIpc) is 2.75. The van der Waals surface area contributed by atoms with Gasteiger partial charge in [0, 0.05) is 12.5 Å². The van der Waals surface area contributed by atoms with Crippen LogP contribution in [0.15, 0.2) is 30.3 Å². The zero-order valence-electron chi connectivity index (χ0n) is 11.0. The Hall–Kier alpha value is -1.31. The summed E-state index contributed by atoms with van der Waals surface area (Å²) in [5, 5.41) is 0. The van der Waals surface area contributed by atoms with Gasteiger partial charge in [0.2, 0.25) is 5.91 Å². The number of rotatable bonds is 2. The lowest BCUT2D eigenvalue weighted by molar-refractivity contribution is -0.131. The van der Waals surface area contributed by atoms with Crippen LogP contribution in [0.3, 0.4) is 0 Å². The van der Waals surface area contributed by atoms with Gasteiger partial charge in [-0.15, -0.1) is 0 Å². The number of nitrogens with zero attached hydrogens (tertiary/aromatic N) is 1. The fraction of sp³-hybridized carbons (Fsp3) is 0.562. The van der Waals surface area contributed by atoms with Crippen LogP contribution in [0.5, 0.6) is 0 Å². The second-order valence-corrected chi connectivity index (χ2v) is 5.70. The first kappa shape index (κ1) is 11.8. The maximum Gasteiger partial charge on any atom is 0.223 e. The highest BCUT2D eigenvalue weighted by molar-refractivity contribution is 5.80. The molecule has 0 aromatic heterocycles. The molecule has 0 unspecified atom stereocenters. The van der Waals surface area contributed by atoms with Gasteiger partial charge in [-0.1, -0.05) is 43.2 Å². The topological polar surface area (TPSA) is 20.3 Å². The molecule has 18 heavy (non-hydrogen) atoms. The summed E-state index contributed by atoms with van der Waals surface area (Å²) in [5.74, 6) is 0.987. The lowest BCUT2D eigenvalue weighted by Crippen LogP contribution is -2.38. The van der Waals surface area contributed by atoms with Gasteiger partial charge in [-0.2, -0.15) is 0 Å². The molecule has 2 heteroatoms. The third-order valence-corrected chi connectivity index (χ3v) is 4.65. The van der Waals surface area contributed by atoms with Crippen molar-refractivity contribution in [3.05, 3.63) is 35.9 Å². The van der Waals surface area contributed by atoms with Crippen molar-refractivity contribution in [3.63, 3.8) is 0 Å². The maximum absolute atomic E-state index is 12.3. The monoisotopic (exact) mass is 243 g/mol. The van der Waals surface area contributed by atoms with E-state index in [0.717, 1.165) is 6.42 Å². The first-order valence-electron chi connectivity index (χ1n) is 7.13. The molecule has 1 aromatic carbocycles. The molecule has 0 N–H and O–H groups in total. The van der Waals surface area contributed by atoms with E-state index in [2.05, 4.69) is 36.1 Å². The Morgan fingerprint density at radius 1 is 1.17 bits per heavy atom. The van der Waals surface area contributed by atoms with Crippen molar-refractivity contribution in [1.29, 1.82) is 0 Å². The van der Waals surface area contributed by atoms with E-state index in [1.807, 2.05) is 6.07 Å². The Balaban J connectivity index is 1.84. The molecular formula is C16H21NO. The average molecular weight is 243 g/mol. The van der Waals surface area contributed by atoms with Crippen molar-refractivity contribution in [3.8, 4) is 0 Å². The van der Waals surface area contributed by atoms with E-state index < -0.39 is 0 Å². The molecule has 2 fully saturated rings. The molecule has 0 bridgehead atoms. The Bertz CT molecular complexity index is 428. The molecule has 1 aromatic rings. The Kier molecular flexibility index (Phi) is 3.11. The molecular weight excluding hydrogens is 222 g/mol. The van der Waals surface area contributed by atoms with Crippen LogP contribution in [0.25, 0.3) is 0 Å². The van der Waals surface area contributed by atoms with Gasteiger partial charge in [-0.05, 0) is 31.2 Å². The Labute approximate surface area is 109 Å². The first-order valence-corrected chi connectivity index (χ1v) is 7.13. The Morgan fingerprint density at radius 2 is 1.89 bits per heavy atom. The van der Waals surface area contributed by atoms with E-state index in [1.54, 1.807) is 0 Å². The zero-order valence-corrected chi connectivity index (χ0v) is 11.0. The first-order chi connectivity index (χ1) is 8.77. The highest BCUT2D eigenvalue weighted by Gasteiger charge is 2.42. The van der Waals surface area contributed by atoms with E-state index in [-0.39, 0.29) is 6.04 Å². The second kappa shape index (κ2) is 4.75. The molecule has 3 rings (SSSR count). The highest BCUT2D eigenvalue weighted by Crippen LogP contribution is 2.41. The van der Waals surface area contributed by atoms with E-state index in [0.29, 0.717) is 17.9 Å². The van der Waals surface area contributed by atoms with Crippen molar-refractivity contribution in [2.45, 2.75) is 51.1 Å². The van der Waals surface area contributed by atoms with Gasteiger partial charge < -0.3 is 4.90 Å². The van der Waals surface area contributed by atoms with E-state index in [9.17, 15) is 4.79 Å². The molecule has 2 aliphatic rings. The maximum atomic E-state index is 12.3. The summed E-state index contributed by atoms with van der Waals surface area (Å²) < 4.78 is 0. The van der Waals surface area contributed by atoms with Crippen molar-refractivity contribution in [2.75, 3.05) is 0 Å². The normalized spacial score (nSPS) is 29.2. The van der Waals surface area contributed by atoms with Gasteiger partial charge in [0.25, 0.3) is 0 Å². The number of carbonyl (C=O) groups is 1. The van der Waals surface area contributed by atoms with Crippen LogP contribution in [-0.2, 0) is 4.79 Å². The van der Waals surface area contributed by atoms with E-state index in [4.69, 9.17) is 0 Å². The van der Waals surface area contributed by atoms with Crippen molar-refractivity contribution >= 4 is 5.91 Å². The van der Waals surface area contributed by atoms with Crippen LogP contribution in [0.1, 0.15) is 50.6 Å². The van der Waals surface area contributed by atoms with Crippen molar-refractivity contribution in [1.82, 2.24) is 4.90 Å². The molecule has 1 heterocycles. The van der Waals surface area contributed by atoms with Gasteiger partial charge in [-0.25, -0.2) is 0 Å². The predicted molar refractivity (Wildman–Crippen MR) is 72.1 cm³/mol. The van der Waals surface area contributed by atoms with Crippen molar-refractivity contribution in [2.24, 2.45) is 5.92 Å². The summed E-state index contributed by atoms with van der Waals surface area (Å²) in [6.07, 6.45) is 5.82. The molecule has 2 nitrogen and oxygen atoms in total. The van der Waals surface area contributed by atoms with Crippen LogP contribution < -0.4 is 0 Å². The number of likely N-dealkylation sites (tertiary alicyclic amines) is 1. The number of benzene rings is 1. The smallest absolute Gasteiger partial charge is 0.223 e. The largest absolute Gasteiger partial charge is 0.333 e. The number of fused-ring (bicyclic) bond motifs is 1. The van der Waals surface area contributed by atoms with Gasteiger partial charge >= 0.3 is 0 Å². The van der Waals surface area contributed by atoms with E-state index in [1.165, 1.54) is 31.2 Å². The number of amides is 1.